The maximum Gasteiger partial charge on any atom is 0.370 e. The Morgan fingerprint density at radius 3 is 2.11 bits per heavy atom. The van der Waals surface area contributed by atoms with Crippen molar-refractivity contribution in [2.45, 2.75) is 44.6 Å². The second kappa shape index (κ2) is 13.1. The van der Waals surface area contributed by atoms with Crippen molar-refractivity contribution >= 4 is 19.8 Å². The van der Waals surface area contributed by atoms with Gasteiger partial charge in [-0.3, -0.25) is 14.2 Å². The number of esters is 1. The number of rotatable bonds is 8. The van der Waals surface area contributed by atoms with E-state index in [-0.39, 0.29) is 24.2 Å². The quantitative estimate of drug-likeness (QED) is 0.270. The van der Waals surface area contributed by atoms with Gasteiger partial charge in [-0.1, -0.05) is 36.4 Å². The molecular formula is C32H39N5O7P+. The Morgan fingerprint density at radius 1 is 0.889 bits per heavy atom. The van der Waals surface area contributed by atoms with Crippen LogP contribution >= 0.6 is 7.94 Å². The average molecular weight is 637 g/mol. The van der Waals surface area contributed by atoms with Crippen LogP contribution in [0.4, 0.5) is 0 Å². The average Bonchev–Trinajstić information content (AvgIpc) is 3.79. The van der Waals surface area contributed by atoms with Gasteiger partial charge in [0.1, 0.15) is 25.0 Å². The van der Waals surface area contributed by atoms with E-state index in [9.17, 15) is 19.2 Å². The van der Waals surface area contributed by atoms with E-state index in [4.69, 9.17) is 14.0 Å². The van der Waals surface area contributed by atoms with E-state index in [2.05, 4.69) is 28.1 Å². The Hall–Kier alpha value is -3.51. The first kappa shape index (κ1) is 31.5. The summed E-state index contributed by atoms with van der Waals surface area (Å²) in [7, 11) is 1.86. The zero-order valence-corrected chi connectivity index (χ0v) is 26.7. The second-order valence-corrected chi connectivity index (χ2v) is 14.9. The van der Waals surface area contributed by atoms with Crippen LogP contribution in [0.25, 0.3) is 0 Å². The van der Waals surface area contributed by atoms with E-state index in [0.717, 1.165) is 39.0 Å². The summed E-state index contributed by atoms with van der Waals surface area (Å²) in [6.07, 6.45) is 1.37. The van der Waals surface area contributed by atoms with Crippen molar-refractivity contribution in [2.75, 3.05) is 46.9 Å². The van der Waals surface area contributed by atoms with E-state index in [0.29, 0.717) is 10.1 Å². The minimum atomic E-state index is -2.30. The standard InChI is InChI=1S/C32H39N5O7P/c1-23-21-36(32(41)37(29(23)38)30(39)24-12-6-4-7-13-24)28-20-26(44-31(40)25-14-8-5-9-15-25)27(43-28)22-42-45(35-16-10-11-17-35)33(2)18-19-34(45)3/h4-9,12-15,21,26-28H,10-11,16-20,22H2,1-3H3/q+1/t26-,27+,28+/m0/s1. The third kappa shape index (κ3) is 5.94. The van der Waals surface area contributed by atoms with Gasteiger partial charge < -0.3 is 9.47 Å². The molecule has 238 valence electrons. The highest BCUT2D eigenvalue weighted by molar-refractivity contribution is 7.64. The Balaban J connectivity index is 1.32. The van der Waals surface area contributed by atoms with Gasteiger partial charge in [-0.2, -0.15) is 9.09 Å². The molecule has 0 unspecified atom stereocenters. The van der Waals surface area contributed by atoms with Crippen LogP contribution in [-0.2, 0) is 14.0 Å². The van der Waals surface area contributed by atoms with Crippen molar-refractivity contribution in [3.8, 4) is 0 Å². The molecule has 1 aromatic heterocycles. The minimum absolute atomic E-state index is 0.124. The maximum atomic E-state index is 13.8. The van der Waals surface area contributed by atoms with E-state index < -0.39 is 49.5 Å². The van der Waals surface area contributed by atoms with Gasteiger partial charge in [0.05, 0.1) is 18.7 Å². The molecule has 45 heavy (non-hydrogen) atoms. The van der Waals surface area contributed by atoms with Crippen molar-refractivity contribution in [1.29, 1.82) is 0 Å². The minimum Gasteiger partial charge on any atom is -0.456 e. The van der Waals surface area contributed by atoms with Crippen molar-refractivity contribution in [3.63, 3.8) is 0 Å². The number of carbonyl (C=O) groups is 2. The van der Waals surface area contributed by atoms with Crippen molar-refractivity contribution < 1.29 is 23.6 Å². The summed E-state index contributed by atoms with van der Waals surface area (Å²) in [6, 6.07) is 16.9. The van der Waals surface area contributed by atoms with Gasteiger partial charge in [0, 0.05) is 50.9 Å². The van der Waals surface area contributed by atoms with Crippen LogP contribution in [0.15, 0.2) is 76.4 Å². The Bertz CT molecular complexity index is 1650. The van der Waals surface area contributed by atoms with Gasteiger partial charge in [0.2, 0.25) is 0 Å². The first-order valence-electron chi connectivity index (χ1n) is 15.3. The molecule has 0 saturated carbocycles. The molecule has 12 nitrogen and oxygen atoms in total. The first-order chi connectivity index (χ1) is 21.7. The second-order valence-electron chi connectivity index (χ2n) is 11.7. The summed E-state index contributed by atoms with van der Waals surface area (Å²) in [4.78, 5) is 53.3. The molecule has 0 bridgehead atoms. The fraction of sp³-hybridized carbons (Fsp3) is 0.438. The third-order valence-electron chi connectivity index (χ3n) is 8.77. The predicted molar refractivity (Wildman–Crippen MR) is 169 cm³/mol. The van der Waals surface area contributed by atoms with Crippen LogP contribution in [0.1, 0.15) is 51.8 Å². The Kier molecular flexibility index (Phi) is 9.15. The summed E-state index contributed by atoms with van der Waals surface area (Å²) in [5, 5.41) is 0. The number of aryl methyl sites for hydroxylation is 1. The molecule has 0 aliphatic carbocycles. The largest absolute Gasteiger partial charge is 0.456 e. The third-order valence-corrected chi connectivity index (χ3v) is 12.6. The number of ether oxygens (including phenoxy) is 2. The number of hydrogen-bond acceptors (Lipinski definition) is 10. The van der Waals surface area contributed by atoms with Crippen LogP contribution in [0.3, 0.4) is 0 Å². The smallest absolute Gasteiger partial charge is 0.370 e. The number of hydrogen-bond donors (Lipinski definition) is 0. The topological polar surface area (TPSA) is 116 Å². The zero-order valence-electron chi connectivity index (χ0n) is 25.8. The highest BCUT2D eigenvalue weighted by Crippen LogP contribution is 2.70. The molecule has 3 atom stereocenters. The van der Waals surface area contributed by atoms with Crippen molar-refractivity contribution in [3.05, 3.63) is 104 Å². The van der Waals surface area contributed by atoms with E-state index in [1.54, 1.807) is 61.5 Å². The Labute approximate surface area is 262 Å². The Morgan fingerprint density at radius 2 is 1.49 bits per heavy atom. The lowest BCUT2D eigenvalue weighted by atomic mass is 10.1. The lowest BCUT2D eigenvalue weighted by Gasteiger charge is -2.36. The van der Waals surface area contributed by atoms with Gasteiger partial charge in [-0.25, -0.2) is 9.59 Å². The van der Waals surface area contributed by atoms with E-state index in [1.165, 1.54) is 10.8 Å². The molecule has 0 amide bonds. The molecule has 0 radical (unpaired) electrons. The monoisotopic (exact) mass is 636 g/mol. The van der Waals surface area contributed by atoms with Crippen LogP contribution in [0.2, 0.25) is 0 Å². The molecule has 0 N–H and O–H groups in total. The molecule has 13 heteroatoms. The zero-order chi connectivity index (χ0) is 31.7. The number of likely N-dealkylation sites (N-methyl/N-ethyl adjacent to an activating group) is 2. The lowest BCUT2D eigenvalue weighted by Crippen LogP contribution is -2.45. The molecular weight excluding hydrogens is 597 g/mol. The first-order valence-corrected chi connectivity index (χ1v) is 16.9. The van der Waals surface area contributed by atoms with Gasteiger partial charge in [-0.15, -0.1) is 14.0 Å². The molecule has 3 fully saturated rings. The van der Waals surface area contributed by atoms with Gasteiger partial charge in [0.15, 0.2) is 0 Å². The molecule has 3 aliphatic heterocycles. The van der Waals surface area contributed by atoms with Gasteiger partial charge in [0.25, 0.3) is 11.5 Å². The van der Waals surface area contributed by atoms with Crippen LogP contribution in [0.5, 0.6) is 0 Å². The highest BCUT2D eigenvalue weighted by atomic mass is 31.2. The molecule has 6 rings (SSSR count). The molecule has 3 saturated heterocycles. The lowest BCUT2D eigenvalue weighted by molar-refractivity contribution is -0.0499. The van der Waals surface area contributed by atoms with Crippen molar-refractivity contribution in [1.82, 2.24) is 23.1 Å². The van der Waals surface area contributed by atoms with Crippen LogP contribution < -0.4 is 11.2 Å². The number of carbonyl (C=O) groups excluding carboxylic acids is 2. The normalized spacial score (nSPS) is 23.8. The maximum absolute atomic E-state index is 13.8. The number of nitrogens with zero attached hydrogens (tertiary/aromatic N) is 5. The molecule has 3 aliphatic rings. The van der Waals surface area contributed by atoms with E-state index >= 15 is 0 Å². The summed E-state index contributed by atoms with van der Waals surface area (Å²) in [5.74, 6) is -1.24. The van der Waals surface area contributed by atoms with Crippen LogP contribution in [0, 0.1) is 6.92 Å². The molecule has 0 spiro atoms. The summed E-state index contributed by atoms with van der Waals surface area (Å²) < 4.78 is 28.2. The SMILES string of the molecule is Cc1cn([C@H]2C[C@H](OC(=O)c3ccccc3)[C@@H](CO[P+]3(N4CCCC4)N(C)CCN3C)O2)c(=O)n(C(=O)c2ccccc2)c1=O. The van der Waals surface area contributed by atoms with E-state index in [1.807, 2.05) is 6.07 Å². The highest BCUT2D eigenvalue weighted by Gasteiger charge is 2.61. The van der Waals surface area contributed by atoms with Gasteiger partial charge in [-0.05, 0) is 44.0 Å². The fourth-order valence-electron chi connectivity index (χ4n) is 6.37. The molecule has 4 heterocycles. The molecule has 3 aromatic rings. The summed E-state index contributed by atoms with van der Waals surface area (Å²) >= 11 is 0. The fourth-order valence-corrected chi connectivity index (χ4v) is 10.2. The molecule has 2 aromatic carbocycles. The summed E-state index contributed by atoms with van der Waals surface area (Å²) in [6.45, 7) is 5.29. The number of benzene rings is 2. The number of aromatic nitrogens is 2. The predicted octanol–water partition coefficient (Wildman–Crippen LogP) is 3.19. The summed E-state index contributed by atoms with van der Waals surface area (Å²) in [5.41, 5.74) is -0.710. The van der Waals surface area contributed by atoms with Crippen molar-refractivity contribution in [2.24, 2.45) is 0 Å². The van der Waals surface area contributed by atoms with Crippen LogP contribution in [-0.4, -0.2) is 94.1 Å². The van der Waals surface area contributed by atoms with Gasteiger partial charge >= 0.3 is 19.6 Å².